The molecule has 2 N–H and O–H groups in total. The van der Waals surface area contributed by atoms with E-state index in [4.69, 9.17) is 19.3 Å². The average molecular weight is 343 g/mol. The van der Waals surface area contributed by atoms with Gasteiger partial charge in [0.2, 0.25) is 11.7 Å². The van der Waals surface area contributed by atoms with Crippen molar-refractivity contribution in [1.82, 2.24) is 4.90 Å². The number of carbonyl (C=O) groups excluding carboxylic acids is 1. The minimum Gasteiger partial charge on any atom is -0.493 e. The fourth-order valence-electron chi connectivity index (χ4n) is 2.46. The quantitative estimate of drug-likeness (QED) is 0.751. The van der Waals surface area contributed by atoms with Gasteiger partial charge < -0.3 is 29.3 Å². The van der Waals surface area contributed by atoms with Crippen LogP contribution in [0.2, 0.25) is 0 Å². The fourth-order valence-corrected chi connectivity index (χ4v) is 3.63. The van der Waals surface area contributed by atoms with Gasteiger partial charge in [-0.05, 0) is 17.7 Å². The molecule has 0 spiro atoms. The van der Waals surface area contributed by atoms with Crippen LogP contribution in [0.25, 0.3) is 0 Å². The molecule has 1 heterocycles. The number of thioether (sulfide) groups is 1. The van der Waals surface area contributed by atoms with Crippen molar-refractivity contribution in [3.63, 3.8) is 0 Å². The molecule has 1 fully saturated rings. The lowest BCUT2D eigenvalue weighted by molar-refractivity contribution is -0.129. The van der Waals surface area contributed by atoms with Gasteiger partial charge >= 0.3 is 0 Å². The third kappa shape index (κ3) is 3.65. The number of hydrogen-bond donors (Lipinski definition) is 2. The molecule has 23 heavy (non-hydrogen) atoms. The summed E-state index contributed by atoms with van der Waals surface area (Å²) in [4.78, 5) is 13.6. The summed E-state index contributed by atoms with van der Waals surface area (Å²) >= 11 is 1.45. The van der Waals surface area contributed by atoms with Crippen LogP contribution in [0.15, 0.2) is 12.1 Å². The Balaban J connectivity index is 2.37. The third-order valence-electron chi connectivity index (χ3n) is 3.56. The van der Waals surface area contributed by atoms with Gasteiger partial charge in [0.25, 0.3) is 0 Å². The zero-order chi connectivity index (χ0) is 17.0. The Kier molecular flexibility index (Phi) is 5.97. The molecule has 0 aromatic heterocycles. The average Bonchev–Trinajstić information content (AvgIpc) is 2.93. The van der Waals surface area contributed by atoms with Crippen LogP contribution in [0, 0.1) is 0 Å². The van der Waals surface area contributed by atoms with Crippen LogP contribution in [-0.4, -0.2) is 67.4 Å². The molecule has 1 aliphatic heterocycles. The topological polar surface area (TPSA) is 88.5 Å². The van der Waals surface area contributed by atoms with Gasteiger partial charge in [-0.2, -0.15) is 0 Å². The highest BCUT2D eigenvalue weighted by Crippen LogP contribution is 2.45. The van der Waals surface area contributed by atoms with Crippen molar-refractivity contribution in [2.75, 3.05) is 40.2 Å². The summed E-state index contributed by atoms with van der Waals surface area (Å²) in [5.74, 6) is 1.73. The van der Waals surface area contributed by atoms with Crippen LogP contribution in [0.1, 0.15) is 10.9 Å². The normalized spacial score (nSPS) is 18.9. The molecule has 0 aliphatic carbocycles. The standard InChI is InChI=1S/C15H21NO6S/c1-20-11-4-9(5-12(21-2)14(11)22-3)15-16(6-10(18)7-17)13(19)8-23-15/h4-5,10,15,17-18H,6-8H2,1-3H3/t10-,15?/m0/s1. The van der Waals surface area contributed by atoms with E-state index in [1.807, 2.05) is 0 Å². The van der Waals surface area contributed by atoms with Crippen molar-refractivity contribution in [1.29, 1.82) is 0 Å². The van der Waals surface area contributed by atoms with E-state index in [2.05, 4.69) is 0 Å². The van der Waals surface area contributed by atoms with Gasteiger partial charge in [-0.1, -0.05) is 0 Å². The molecule has 2 atom stereocenters. The third-order valence-corrected chi connectivity index (χ3v) is 4.81. The second-order valence-corrected chi connectivity index (χ2v) is 6.07. The maximum Gasteiger partial charge on any atom is 0.233 e. The van der Waals surface area contributed by atoms with Crippen LogP contribution in [0.5, 0.6) is 17.2 Å². The Labute approximate surface area is 139 Å². The Hall–Kier alpha value is -1.64. The molecular weight excluding hydrogens is 322 g/mol. The number of amides is 1. The molecular formula is C15H21NO6S. The number of rotatable bonds is 7. The van der Waals surface area contributed by atoms with Crippen molar-refractivity contribution in [3.05, 3.63) is 17.7 Å². The van der Waals surface area contributed by atoms with E-state index in [0.717, 1.165) is 5.56 Å². The first-order valence-corrected chi connectivity index (χ1v) is 8.10. The lowest BCUT2D eigenvalue weighted by atomic mass is 10.1. The summed E-state index contributed by atoms with van der Waals surface area (Å²) in [6, 6.07) is 3.58. The van der Waals surface area contributed by atoms with Crippen LogP contribution >= 0.6 is 11.8 Å². The van der Waals surface area contributed by atoms with Crippen LogP contribution in [-0.2, 0) is 4.79 Å². The molecule has 2 rings (SSSR count). The number of hydrogen-bond acceptors (Lipinski definition) is 7. The van der Waals surface area contributed by atoms with Gasteiger partial charge in [0, 0.05) is 0 Å². The first kappa shape index (κ1) is 17.7. The monoisotopic (exact) mass is 343 g/mol. The molecule has 1 unspecified atom stereocenters. The van der Waals surface area contributed by atoms with E-state index in [0.29, 0.717) is 23.0 Å². The largest absolute Gasteiger partial charge is 0.493 e. The molecule has 1 aromatic carbocycles. The van der Waals surface area contributed by atoms with Crippen molar-refractivity contribution in [2.45, 2.75) is 11.5 Å². The van der Waals surface area contributed by atoms with Gasteiger partial charge in [-0.3, -0.25) is 4.79 Å². The number of aliphatic hydroxyl groups excluding tert-OH is 2. The summed E-state index contributed by atoms with van der Waals surface area (Å²) in [6.45, 7) is -0.319. The van der Waals surface area contributed by atoms with Crippen molar-refractivity contribution in [3.8, 4) is 17.2 Å². The van der Waals surface area contributed by atoms with E-state index < -0.39 is 12.7 Å². The maximum atomic E-state index is 12.1. The smallest absolute Gasteiger partial charge is 0.233 e. The molecule has 1 aliphatic rings. The summed E-state index contributed by atoms with van der Waals surface area (Å²) in [5.41, 5.74) is 0.806. The summed E-state index contributed by atoms with van der Waals surface area (Å²) < 4.78 is 16.0. The SMILES string of the molecule is COc1cc(C2SCC(=O)N2C[C@H](O)CO)cc(OC)c1OC. The van der Waals surface area contributed by atoms with Gasteiger partial charge in [0.1, 0.15) is 5.37 Å². The zero-order valence-electron chi connectivity index (χ0n) is 13.3. The van der Waals surface area contributed by atoms with Gasteiger partial charge in [-0.25, -0.2) is 0 Å². The number of aliphatic hydroxyl groups is 2. The second-order valence-electron chi connectivity index (χ2n) is 5.00. The minimum atomic E-state index is -0.970. The number of nitrogens with zero attached hydrogens (tertiary/aromatic N) is 1. The molecule has 0 radical (unpaired) electrons. The van der Waals surface area contributed by atoms with E-state index in [1.165, 1.54) is 33.1 Å². The number of methoxy groups -OCH3 is 3. The van der Waals surface area contributed by atoms with Gasteiger partial charge in [0.05, 0.1) is 46.3 Å². The predicted octanol–water partition coefficient (Wildman–Crippen LogP) is 0.640. The number of benzene rings is 1. The lowest BCUT2D eigenvalue weighted by Crippen LogP contribution is -2.37. The van der Waals surface area contributed by atoms with Gasteiger partial charge in [0.15, 0.2) is 11.5 Å². The first-order chi connectivity index (χ1) is 11.0. The summed E-state index contributed by atoms with van der Waals surface area (Å²) in [5, 5.41) is 18.4. The second kappa shape index (κ2) is 7.76. The number of carbonyl (C=O) groups is 1. The minimum absolute atomic E-state index is 0.0731. The molecule has 1 saturated heterocycles. The maximum absolute atomic E-state index is 12.1. The van der Waals surface area contributed by atoms with E-state index in [1.54, 1.807) is 17.0 Å². The van der Waals surface area contributed by atoms with Crippen molar-refractivity contribution < 1.29 is 29.2 Å². The molecule has 0 bridgehead atoms. The van der Waals surface area contributed by atoms with Crippen molar-refractivity contribution in [2.24, 2.45) is 0 Å². The highest BCUT2D eigenvalue weighted by molar-refractivity contribution is 8.00. The number of β-amino-alcohol motifs (C(OH)–C–C–N with tert-alkyl or cyclic N) is 1. The molecule has 8 heteroatoms. The molecule has 128 valence electrons. The van der Waals surface area contributed by atoms with Crippen LogP contribution in [0.4, 0.5) is 0 Å². The highest BCUT2D eigenvalue weighted by Gasteiger charge is 2.35. The Morgan fingerprint density at radius 2 is 1.87 bits per heavy atom. The Morgan fingerprint density at radius 3 is 2.35 bits per heavy atom. The fraction of sp³-hybridized carbons (Fsp3) is 0.533. The van der Waals surface area contributed by atoms with Crippen LogP contribution < -0.4 is 14.2 Å². The number of ether oxygens (including phenoxy) is 3. The molecule has 0 saturated carbocycles. The zero-order valence-corrected chi connectivity index (χ0v) is 14.1. The predicted molar refractivity (Wildman–Crippen MR) is 86.1 cm³/mol. The first-order valence-electron chi connectivity index (χ1n) is 7.05. The Morgan fingerprint density at radius 1 is 1.26 bits per heavy atom. The van der Waals surface area contributed by atoms with E-state index in [9.17, 15) is 9.90 Å². The molecule has 7 nitrogen and oxygen atoms in total. The van der Waals surface area contributed by atoms with Crippen molar-refractivity contribution >= 4 is 17.7 Å². The van der Waals surface area contributed by atoms with Gasteiger partial charge in [-0.15, -0.1) is 11.8 Å². The van der Waals surface area contributed by atoms with E-state index in [-0.39, 0.29) is 17.8 Å². The summed E-state index contributed by atoms with van der Waals surface area (Å²) in [6.07, 6.45) is -0.970. The molecule has 1 aromatic rings. The summed E-state index contributed by atoms with van der Waals surface area (Å²) in [7, 11) is 4.58. The highest BCUT2D eigenvalue weighted by atomic mass is 32.2. The van der Waals surface area contributed by atoms with Crippen LogP contribution in [0.3, 0.4) is 0 Å². The molecule has 1 amide bonds. The lowest BCUT2D eigenvalue weighted by Gasteiger charge is -2.27. The Bertz CT molecular complexity index is 542. The van der Waals surface area contributed by atoms with E-state index >= 15 is 0 Å².